The Morgan fingerprint density at radius 2 is 2.04 bits per heavy atom. The van der Waals surface area contributed by atoms with Crippen LogP contribution >= 0.6 is 11.8 Å². The first kappa shape index (κ1) is 18.9. The van der Waals surface area contributed by atoms with E-state index in [-0.39, 0.29) is 17.2 Å². The van der Waals surface area contributed by atoms with Crippen LogP contribution in [0.1, 0.15) is 6.92 Å². The fourth-order valence-corrected chi connectivity index (χ4v) is 3.10. The molecule has 0 saturated heterocycles. The number of thioether (sulfide) groups is 1. The van der Waals surface area contributed by atoms with E-state index in [4.69, 9.17) is 6.42 Å². The minimum absolute atomic E-state index is 0.00878. The average Bonchev–Trinajstić information content (AvgIpc) is 2.85. The zero-order chi connectivity index (χ0) is 18.8. The predicted octanol–water partition coefficient (Wildman–Crippen LogP) is 3.38. The van der Waals surface area contributed by atoms with Crippen LogP contribution in [0.25, 0.3) is 0 Å². The highest BCUT2D eigenvalue weighted by Gasteiger charge is 2.57. The van der Waals surface area contributed by atoms with Crippen molar-refractivity contribution in [1.82, 2.24) is 0 Å². The van der Waals surface area contributed by atoms with E-state index >= 15 is 0 Å². The molecule has 1 aromatic carbocycles. The molecule has 0 N–H and O–H groups in total. The average molecular weight is 375 g/mol. The Morgan fingerprint density at radius 3 is 2.56 bits per heavy atom. The van der Waals surface area contributed by atoms with Crippen molar-refractivity contribution < 1.29 is 26.7 Å². The maximum atomic E-state index is 14.1. The number of alkyl halides is 3. The van der Waals surface area contributed by atoms with Crippen molar-refractivity contribution in [2.75, 3.05) is 10.7 Å². The molecular formula is C15H10F5N3OS. The lowest BCUT2D eigenvalue weighted by atomic mass is 9.94. The first-order chi connectivity index (χ1) is 11.7. The standard InChI is InChI=1S/C15H10F5N3OS/c1-3-6-25-13-14(2,12(21-22-13)15(18,19)20)23(8-24)11-5-4-9(16)7-10(11)17/h1,4-5,7-8H,6H2,2H3. The number of terminal acetylenes is 1. The van der Waals surface area contributed by atoms with Crippen molar-refractivity contribution in [2.24, 2.45) is 10.2 Å². The van der Waals surface area contributed by atoms with Gasteiger partial charge in [-0.15, -0.1) is 16.6 Å². The summed E-state index contributed by atoms with van der Waals surface area (Å²) in [6, 6.07) is 2.14. The monoisotopic (exact) mass is 375 g/mol. The molecule has 1 unspecified atom stereocenters. The molecule has 1 aliphatic heterocycles. The third-order valence-electron chi connectivity index (χ3n) is 3.44. The predicted molar refractivity (Wildman–Crippen MR) is 85.5 cm³/mol. The van der Waals surface area contributed by atoms with Crippen LogP contribution in [-0.4, -0.2) is 34.6 Å². The number of carbonyl (C=O) groups excluding carboxylic acids is 1. The van der Waals surface area contributed by atoms with Gasteiger partial charge in [-0.3, -0.25) is 9.69 Å². The van der Waals surface area contributed by atoms with Gasteiger partial charge in [0.05, 0.1) is 11.4 Å². The summed E-state index contributed by atoms with van der Waals surface area (Å²) in [5, 5.41) is 6.37. The summed E-state index contributed by atoms with van der Waals surface area (Å²) >= 11 is 0.760. The Labute approximate surface area is 143 Å². The molecule has 1 aliphatic rings. The molecule has 0 spiro atoms. The zero-order valence-electron chi connectivity index (χ0n) is 12.6. The van der Waals surface area contributed by atoms with Crippen LogP contribution in [0.3, 0.4) is 0 Å². The highest BCUT2D eigenvalue weighted by atomic mass is 32.2. The van der Waals surface area contributed by atoms with Crippen molar-refractivity contribution in [3.63, 3.8) is 0 Å². The van der Waals surface area contributed by atoms with Gasteiger partial charge in [-0.2, -0.15) is 13.2 Å². The third kappa shape index (κ3) is 3.37. The molecule has 2 rings (SSSR count). The summed E-state index contributed by atoms with van der Waals surface area (Å²) in [5.74, 6) is 0.0406. The second-order valence-electron chi connectivity index (χ2n) is 4.99. The topological polar surface area (TPSA) is 45.0 Å². The molecule has 0 aliphatic carbocycles. The molecule has 25 heavy (non-hydrogen) atoms. The maximum Gasteiger partial charge on any atom is 0.434 e. The smallest absolute Gasteiger partial charge is 0.294 e. The van der Waals surface area contributed by atoms with Crippen molar-refractivity contribution in [3.8, 4) is 12.3 Å². The van der Waals surface area contributed by atoms with Crippen LogP contribution in [0.4, 0.5) is 27.6 Å². The molecule has 1 heterocycles. The summed E-state index contributed by atoms with van der Waals surface area (Å²) in [4.78, 5) is 12.0. The van der Waals surface area contributed by atoms with E-state index in [0.29, 0.717) is 11.0 Å². The first-order valence-electron chi connectivity index (χ1n) is 6.66. The van der Waals surface area contributed by atoms with Gasteiger partial charge in [-0.25, -0.2) is 8.78 Å². The van der Waals surface area contributed by atoms with E-state index in [0.717, 1.165) is 30.8 Å². The Balaban J connectivity index is 2.60. The number of nitrogens with zero attached hydrogens (tertiary/aromatic N) is 3. The molecule has 0 fully saturated rings. The van der Waals surface area contributed by atoms with Crippen LogP contribution in [0.15, 0.2) is 28.4 Å². The van der Waals surface area contributed by atoms with Crippen LogP contribution in [0.5, 0.6) is 0 Å². The van der Waals surface area contributed by atoms with Gasteiger partial charge in [0.1, 0.15) is 22.2 Å². The maximum absolute atomic E-state index is 14.1. The first-order valence-corrected chi connectivity index (χ1v) is 7.64. The fraction of sp³-hybridized carbons (Fsp3) is 0.267. The van der Waals surface area contributed by atoms with Gasteiger partial charge >= 0.3 is 6.18 Å². The molecule has 0 saturated carbocycles. The molecule has 0 radical (unpaired) electrons. The Kier molecular flexibility index (Phi) is 5.17. The Morgan fingerprint density at radius 1 is 1.36 bits per heavy atom. The van der Waals surface area contributed by atoms with Crippen LogP contribution in [-0.2, 0) is 4.79 Å². The Bertz CT molecular complexity index is 799. The quantitative estimate of drug-likeness (QED) is 0.460. The molecule has 4 nitrogen and oxygen atoms in total. The van der Waals surface area contributed by atoms with Crippen LogP contribution < -0.4 is 4.90 Å². The lowest BCUT2D eigenvalue weighted by molar-refractivity contribution is -0.108. The zero-order valence-corrected chi connectivity index (χ0v) is 13.5. The molecule has 132 valence electrons. The minimum atomic E-state index is -4.94. The van der Waals surface area contributed by atoms with Crippen molar-refractivity contribution in [2.45, 2.75) is 18.6 Å². The number of anilines is 1. The highest BCUT2D eigenvalue weighted by molar-refractivity contribution is 8.14. The molecule has 1 atom stereocenters. The number of rotatable bonds is 4. The summed E-state index contributed by atoms with van der Waals surface area (Å²) in [6.07, 6.45) is 0.179. The van der Waals surface area contributed by atoms with Gasteiger partial charge in [-0.1, -0.05) is 17.7 Å². The lowest BCUT2D eigenvalue weighted by Crippen LogP contribution is -2.59. The van der Waals surface area contributed by atoms with Gasteiger partial charge in [0, 0.05) is 6.07 Å². The van der Waals surface area contributed by atoms with Gasteiger partial charge < -0.3 is 0 Å². The highest BCUT2D eigenvalue weighted by Crippen LogP contribution is 2.39. The van der Waals surface area contributed by atoms with Crippen LogP contribution in [0, 0.1) is 24.0 Å². The largest absolute Gasteiger partial charge is 0.434 e. The van der Waals surface area contributed by atoms with E-state index in [2.05, 4.69) is 16.1 Å². The summed E-state index contributed by atoms with van der Waals surface area (Å²) in [6.45, 7) is 1.02. The van der Waals surface area contributed by atoms with E-state index in [1.54, 1.807) is 0 Å². The number of hydrogen-bond donors (Lipinski definition) is 0. The Hall–Kier alpha value is -2.41. The fourth-order valence-electron chi connectivity index (χ4n) is 2.30. The molecule has 10 heteroatoms. The molecule has 1 aromatic rings. The van der Waals surface area contributed by atoms with Crippen molar-refractivity contribution >= 4 is 34.6 Å². The number of benzene rings is 1. The number of halogens is 5. The second kappa shape index (κ2) is 6.84. The number of carbonyl (C=O) groups is 1. The number of hydrogen-bond acceptors (Lipinski definition) is 4. The normalized spacial score (nSPS) is 19.9. The lowest BCUT2D eigenvalue weighted by Gasteiger charge is -2.37. The third-order valence-corrected chi connectivity index (χ3v) is 4.50. The molecule has 1 amide bonds. The van der Waals surface area contributed by atoms with Gasteiger partial charge in [0.2, 0.25) is 6.41 Å². The van der Waals surface area contributed by atoms with Crippen LogP contribution in [0.2, 0.25) is 0 Å². The van der Waals surface area contributed by atoms with Gasteiger partial charge in [-0.05, 0) is 19.1 Å². The summed E-state index contributed by atoms with van der Waals surface area (Å²) in [5.41, 5.74) is -4.19. The molecule has 0 bridgehead atoms. The van der Waals surface area contributed by atoms with Gasteiger partial charge in [0.25, 0.3) is 0 Å². The van der Waals surface area contributed by atoms with E-state index in [1.807, 2.05) is 0 Å². The second-order valence-corrected chi connectivity index (χ2v) is 5.95. The van der Waals surface area contributed by atoms with Gasteiger partial charge in [0.15, 0.2) is 5.71 Å². The van der Waals surface area contributed by atoms with E-state index in [9.17, 15) is 26.7 Å². The summed E-state index contributed by atoms with van der Waals surface area (Å²) in [7, 11) is 0. The van der Waals surface area contributed by atoms with E-state index < -0.39 is 34.7 Å². The molecular weight excluding hydrogens is 365 g/mol. The van der Waals surface area contributed by atoms with Crippen molar-refractivity contribution in [3.05, 3.63) is 29.8 Å². The summed E-state index contributed by atoms with van der Waals surface area (Å²) < 4.78 is 67.3. The van der Waals surface area contributed by atoms with Crippen molar-refractivity contribution in [1.29, 1.82) is 0 Å². The van der Waals surface area contributed by atoms with E-state index in [1.165, 1.54) is 0 Å². The minimum Gasteiger partial charge on any atom is -0.294 e. The number of amides is 1. The SMILES string of the molecule is C#CCSC1=NN=C(C(F)(F)F)C1(C)N(C=O)c1ccc(F)cc1F. The molecule has 0 aromatic heterocycles.